The lowest BCUT2D eigenvalue weighted by molar-refractivity contribution is 0.590. The zero-order valence-electron chi connectivity index (χ0n) is 17.7. The zero-order chi connectivity index (χ0) is 22.2. The molecule has 0 spiro atoms. The maximum absolute atomic E-state index is 13.6. The number of nitrogens with one attached hydrogen (secondary N) is 1. The largest absolute Gasteiger partial charge is 0.322 e. The summed E-state index contributed by atoms with van der Waals surface area (Å²) in [5.41, 5.74) is 4.19. The first-order valence-electron chi connectivity index (χ1n) is 10.0. The number of fused-ring (bicyclic) bond motifs is 1. The van der Waals surface area contributed by atoms with E-state index in [0.29, 0.717) is 11.3 Å². The minimum Gasteiger partial charge on any atom is -0.322 e. The summed E-state index contributed by atoms with van der Waals surface area (Å²) in [5, 5.41) is 0.859. The number of H-pyrrole nitrogens is 1. The Labute approximate surface area is 182 Å². The first kappa shape index (κ1) is 20.9. The van der Waals surface area contributed by atoms with Crippen molar-refractivity contribution in [3.63, 3.8) is 0 Å². The lowest BCUT2D eigenvalue weighted by Gasteiger charge is -2.26. The van der Waals surface area contributed by atoms with Crippen LogP contribution in [0, 0.1) is 20.8 Å². The van der Waals surface area contributed by atoms with E-state index in [1.165, 1.54) is 4.31 Å². The smallest absolute Gasteiger partial charge is 0.264 e. The van der Waals surface area contributed by atoms with E-state index in [1.807, 2.05) is 57.2 Å². The third-order valence-corrected chi connectivity index (χ3v) is 7.13. The third-order valence-electron chi connectivity index (χ3n) is 5.36. The normalized spacial score (nSPS) is 11.6. The van der Waals surface area contributed by atoms with Crippen molar-refractivity contribution in [2.75, 3.05) is 4.31 Å². The second kappa shape index (κ2) is 8.04. The Kier molecular flexibility index (Phi) is 5.41. The minimum atomic E-state index is -3.89. The highest BCUT2D eigenvalue weighted by molar-refractivity contribution is 7.92. The summed E-state index contributed by atoms with van der Waals surface area (Å²) < 4.78 is 28.6. The summed E-state index contributed by atoms with van der Waals surface area (Å²) in [6.07, 6.45) is 0. The fraction of sp³-hybridized carbons (Fsp3) is 0.160. The molecular weight excluding hydrogens is 408 g/mol. The SMILES string of the molecule is Cc1ccc(C)c(N(Cc2cc3ccc(C)cc3[nH]c2=O)S(=O)(=O)c2ccccc2)c1. The molecule has 1 heterocycles. The van der Waals surface area contributed by atoms with Crippen molar-refractivity contribution >= 4 is 26.6 Å². The minimum absolute atomic E-state index is 0.0688. The molecule has 5 nitrogen and oxygen atoms in total. The van der Waals surface area contributed by atoms with E-state index < -0.39 is 10.0 Å². The highest BCUT2D eigenvalue weighted by Gasteiger charge is 2.27. The van der Waals surface area contributed by atoms with Crippen molar-refractivity contribution in [1.82, 2.24) is 4.98 Å². The van der Waals surface area contributed by atoms with Gasteiger partial charge in [-0.15, -0.1) is 0 Å². The molecule has 31 heavy (non-hydrogen) atoms. The van der Waals surface area contributed by atoms with Gasteiger partial charge in [0.05, 0.1) is 17.1 Å². The predicted octanol–water partition coefficient (Wildman–Crippen LogP) is 4.85. The molecule has 4 aromatic rings. The second-order valence-electron chi connectivity index (χ2n) is 7.83. The van der Waals surface area contributed by atoms with Gasteiger partial charge in [-0.1, -0.05) is 42.5 Å². The van der Waals surface area contributed by atoms with Crippen LogP contribution in [0.5, 0.6) is 0 Å². The summed E-state index contributed by atoms with van der Waals surface area (Å²) in [6, 6.07) is 21.6. The highest BCUT2D eigenvalue weighted by Crippen LogP contribution is 2.29. The fourth-order valence-electron chi connectivity index (χ4n) is 3.64. The Morgan fingerprint density at radius 3 is 2.26 bits per heavy atom. The van der Waals surface area contributed by atoms with Crippen molar-refractivity contribution < 1.29 is 8.42 Å². The van der Waals surface area contributed by atoms with Gasteiger partial charge < -0.3 is 4.98 Å². The van der Waals surface area contributed by atoms with E-state index in [2.05, 4.69) is 4.98 Å². The Morgan fingerprint density at radius 1 is 0.839 bits per heavy atom. The van der Waals surface area contributed by atoms with Crippen molar-refractivity contribution in [3.05, 3.63) is 105 Å². The predicted molar refractivity (Wildman–Crippen MR) is 125 cm³/mol. The van der Waals surface area contributed by atoms with Crippen LogP contribution in [0.4, 0.5) is 5.69 Å². The molecule has 0 saturated heterocycles. The van der Waals surface area contributed by atoms with Crippen molar-refractivity contribution in [3.8, 4) is 0 Å². The summed E-state index contributed by atoms with van der Waals surface area (Å²) in [4.78, 5) is 15.9. The molecule has 0 aliphatic carbocycles. The summed E-state index contributed by atoms with van der Waals surface area (Å²) in [6.45, 7) is 5.68. The number of aromatic amines is 1. The third kappa shape index (κ3) is 4.11. The molecule has 1 N–H and O–H groups in total. The zero-order valence-corrected chi connectivity index (χ0v) is 18.5. The maximum atomic E-state index is 13.6. The van der Waals surface area contributed by atoms with Crippen LogP contribution in [0.1, 0.15) is 22.3 Å². The van der Waals surface area contributed by atoms with Gasteiger partial charge in [-0.2, -0.15) is 0 Å². The van der Waals surface area contributed by atoms with Crippen LogP contribution in [0.15, 0.2) is 82.5 Å². The van der Waals surface area contributed by atoms with Gasteiger partial charge in [-0.3, -0.25) is 9.10 Å². The summed E-state index contributed by atoms with van der Waals surface area (Å²) in [7, 11) is -3.89. The lowest BCUT2D eigenvalue weighted by Crippen LogP contribution is -2.33. The number of hydrogen-bond acceptors (Lipinski definition) is 3. The number of hydrogen-bond donors (Lipinski definition) is 1. The van der Waals surface area contributed by atoms with Crippen LogP contribution >= 0.6 is 0 Å². The first-order chi connectivity index (χ1) is 14.8. The average Bonchev–Trinajstić information content (AvgIpc) is 2.74. The molecule has 0 aliphatic heterocycles. The van der Waals surface area contributed by atoms with Crippen LogP contribution in [-0.4, -0.2) is 13.4 Å². The Balaban J connectivity index is 1.89. The van der Waals surface area contributed by atoms with Gasteiger partial charge in [0.15, 0.2) is 0 Å². The number of benzene rings is 3. The standard InChI is InChI=1S/C25H24N2O3S/c1-17-10-12-20-15-21(25(28)26-23(20)13-17)16-27(24-14-18(2)9-11-19(24)3)31(29,30)22-7-5-4-6-8-22/h4-15H,16H2,1-3H3,(H,26,28). The van der Waals surface area contributed by atoms with Crippen molar-refractivity contribution in [2.45, 2.75) is 32.2 Å². The molecule has 0 amide bonds. The Bertz CT molecular complexity index is 1420. The molecule has 0 fully saturated rings. The van der Waals surface area contributed by atoms with Gasteiger partial charge in [0.25, 0.3) is 15.6 Å². The van der Waals surface area contributed by atoms with Crippen LogP contribution in [0.3, 0.4) is 0 Å². The Hall–Kier alpha value is -3.38. The summed E-state index contributed by atoms with van der Waals surface area (Å²) in [5.74, 6) is 0. The van der Waals surface area contributed by atoms with E-state index in [1.54, 1.807) is 36.4 Å². The van der Waals surface area contributed by atoms with Gasteiger partial charge >= 0.3 is 0 Å². The molecule has 158 valence electrons. The van der Waals surface area contributed by atoms with Crippen LogP contribution in [-0.2, 0) is 16.6 Å². The van der Waals surface area contributed by atoms with Crippen molar-refractivity contribution in [2.24, 2.45) is 0 Å². The molecule has 4 rings (SSSR count). The molecule has 1 aromatic heterocycles. The second-order valence-corrected chi connectivity index (χ2v) is 9.69. The van der Waals surface area contributed by atoms with E-state index in [9.17, 15) is 13.2 Å². The van der Waals surface area contributed by atoms with Gasteiger partial charge in [0.1, 0.15) is 0 Å². The molecule has 6 heteroatoms. The number of rotatable bonds is 5. The molecule has 0 atom stereocenters. The van der Waals surface area contributed by atoms with Crippen LogP contribution in [0.25, 0.3) is 10.9 Å². The number of pyridine rings is 1. The van der Waals surface area contributed by atoms with Crippen LogP contribution < -0.4 is 9.86 Å². The molecule has 0 saturated carbocycles. The topological polar surface area (TPSA) is 70.2 Å². The van der Waals surface area contributed by atoms with E-state index >= 15 is 0 Å². The van der Waals surface area contributed by atoms with Crippen molar-refractivity contribution in [1.29, 1.82) is 0 Å². The molecule has 0 aliphatic rings. The first-order valence-corrected chi connectivity index (χ1v) is 11.5. The number of aryl methyl sites for hydroxylation is 3. The van der Waals surface area contributed by atoms with Gasteiger partial charge in [-0.05, 0) is 73.2 Å². The Morgan fingerprint density at radius 2 is 1.52 bits per heavy atom. The quantitative estimate of drug-likeness (QED) is 0.490. The molecule has 3 aromatic carbocycles. The monoisotopic (exact) mass is 432 g/mol. The molecule has 0 bridgehead atoms. The average molecular weight is 433 g/mol. The van der Waals surface area contributed by atoms with E-state index in [-0.39, 0.29) is 17.0 Å². The number of sulfonamides is 1. The van der Waals surface area contributed by atoms with Crippen LogP contribution in [0.2, 0.25) is 0 Å². The molecular formula is C25H24N2O3S. The molecule has 0 unspecified atom stereocenters. The van der Waals surface area contributed by atoms with E-state index in [4.69, 9.17) is 0 Å². The number of anilines is 1. The summed E-state index contributed by atoms with van der Waals surface area (Å²) >= 11 is 0. The number of nitrogens with zero attached hydrogens (tertiary/aromatic N) is 1. The number of aromatic nitrogens is 1. The van der Waals surface area contributed by atoms with E-state index in [0.717, 1.165) is 27.6 Å². The highest BCUT2D eigenvalue weighted by atomic mass is 32.2. The lowest BCUT2D eigenvalue weighted by atomic mass is 10.1. The van der Waals surface area contributed by atoms with Gasteiger partial charge in [0.2, 0.25) is 0 Å². The molecule has 0 radical (unpaired) electrons. The van der Waals surface area contributed by atoms with Gasteiger partial charge in [-0.25, -0.2) is 8.42 Å². The van der Waals surface area contributed by atoms with Gasteiger partial charge in [0, 0.05) is 11.1 Å². The maximum Gasteiger partial charge on any atom is 0.264 e. The fourth-order valence-corrected chi connectivity index (χ4v) is 5.16.